The van der Waals surface area contributed by atoms with Crippen molar-refractivity contribution in [3.05, 3.63) is 106 Å². The van der Waals surface area contributed by atoms with Gasteiger partial charge in [0.1, 0.15) is 18.2 Å². The number of halogens is 1. The summed E-state index contributed by atoms with van der Waals surface area (Å²) in [5.74, 6) is -1.82. The van der Waals surface area contributed by atoms with Gasteiger partial charge in [0.2, 0.25) is 5.78 Å². The van der Waals surface area contributed by atoms with Crippen LogP contribution in [0.15, 0.2) is 78.4 Å². The predicted octanol–water partition coefficient (Wildman–Crippen LogP) is 2.86. The van der Waals surface area contributed by atoms with E-state index in [9.17, 15) is 19.1 Å². The highest BCUT2D eigenvalue weighted by Gasteiger charge is 2.44. The molecular weight excluding hydrogens is 483 g/mol. The maximum Gasteiger partial charge on any atom is 0.295 e. The molecule has 1 atom stereocenters. The lowest BCUT2D eigenvalue weighted by atomic mass is 9.94. The van der Waals surface area contributed by atoms with E-state index in [-0.39, 0.29) is 5.57 Å². The highest BCUT2D eigenvalue weighted by molar-refractivity contribution is 6.46. The summed E-state index contributed by atoms with van der Waals surface area (Å²) in [6, 6.07) is 19.5. The fraction of sp³-hybridized carbons (Fsp3) is 0.290. The SMILES string of the molecule is CC[NH+](CC)CCN1C(=O)C(=O)C(=C([O-])c2ccc(OCc3ccccc3)c(C)c2)C1c1ccc(F)cc1. The van der Waals surface area contributed by atoms with Gasteiger partial charge in [-0.15, -0.1) is 0 Å². The van der Waals surface area contributed by atoms with E-state index in [0.29, 0.717) is 36.6 Å². The molecule has 6 nitrogen and oxygen atoms in total. The van der Waals surface area contributed by atoms with Crippen LogP contribution < -0.4 is 14.7 Å². The molecule has 0 bridgehead atoms. The van der Waals surface area contributed by atoms with Crippen molar-refractivity contribution in [1.82, 2.24) is 4.90 Å². The molecule has 4 rings (SSSR count). The predicted molar refractivity (Wildman–Crippen MR) is 142 cm³/mol. The largest absolute Gasteiger partial charge is 0.872 e. The van der Waals surface area contributed by atoms with Crippen molar-refractivity contribution in [2.45, 2.75) is 33.4 Å². The number of carbonyl (C=O) groups excluding carboxylic acids is 2. The molecule has 1 N–H and O–H groups in total. The number of likely N-dealkylation sites (tertiary alicyclic amines) is 1. The Bertz CT molecular complexity index is 1320. The first-order valence-corrected chi connectivity index (χ1v) is 13.0. The minimum Gasteiger partial charge on any atom is -0.872 e. The number of hydrogen-bond donors (Lipinski definition) is 1. The quantitative estimate of drug-likeness (QED) is 0.256. The molecule has 0 saturated carbocycles. The summed E-state index contributed by atoms with van der Waals surface area (Å²) in [6.07, 6.45) is 0. The number of rotatable bonds is 10. The number of likely N-dealkylation sites (N-methyl/N-ethyl adjacent to an activating group) is 1. The van der Waals surface area contributed by atoms with Crippen LogP contribution in [0.1, 0.15) is 42.1 Å². The van der Waals surface area contributed by atoms with E-state index in [1.165, 1.54) is 34.1 Å². The van der Waals surface area contributed by atoms with Gasteiger partial charge < -0.3 is 19.6 Å². The maximum absolute atomic E-state index is 13.7. The van der Waals surface area contributed by atoms with Crippen molar-refractivity contribution >= 4 is 17.4 Å². The number of quaternary nitrogens is 1. The first kappa shape index (κ1) is 27.1. The van der Waals surface area contributed by atoms with E-state index < -0.39 is 29.3 Å². The van der Waals surface area contributed by atoms with E-state index in [0.717, 1.165) is 24.2 Å². The van der Waals surface area contributed by atoms with Gasteiger partial charge in [0, 0.05) is 5.57 Å². The van der Waals surface area contributed by atoms with Crippen molar-refractivity contribution in [3.63, 3.8) is 0 Å². The summed E-state index contributed by atoms with van der Waals surface area (Å²) in [6.45, 7) is 9.04. The van der Waals surface area contributed by atoms with E-state index in [2.05, 4.69) is 13.8 Å². The smallest absolute Gasteiger partial charge is 0.295 e. The van der Waals surface area contributed by atoms with Gasteiger partial charge in [0.05, 0.1) is 32.2 Å². The highest BCUT2D eigenvalue weighted by atomic mass is 19.1. The molecule has 1 aliphatic heterocycles. The van der Waals surface area contributed by atoms with Gasteiger partial charge in [0.25, 0.3) is 5.91 Å². The Balaban J connectivity index is 1.68. The van der Waals surface area contributed by atoms with Gasteiger partial charge in [-0.05, 0) is 67.3 Å². The van der Waals surface area contributed by atoms with Crippen molar-refractivity contribution in [3.8, 4) is 5.75 Å². The van der Waals surface area contributed by atoms with Crippen LogP contribution in [0, 0.1) is 12.7 Å². The molecular formula is C31H33FN2O4. The number of ether oxygens (including phenoxy) is 1. The maximum atomic E-state index is 13.7. The summed E-state index contributed by atoms with van der Waals surface area (Å²) in [4.78, 5) is 29.1. The minimum absolute atomic E-state index is 0.103. The number of carbonyl (C=O) groups is 2. The summed E-state index contributed by atoms with van der Waals surface area (Å²) in [5, 5.41) is 13.7. The Kier molecular flexibility index (Phi) is 8.59. The van der Waals surface area contributed by atoms with Crippen LogP contribution in [0.3, 0.4) is 0 Å². The molecule has 3 aromatic carbocycles. The second-order valence-electron chi connectivity index (χ2n) is 9.49. The second-order valence-corrected chi connectivity index (χ2v) is 9.49. The van der Waals surface area contributed by atoms with E-state index >= 15 is 0 Å². The van der Waals surface area contributed by atoms with E-state index in [1.807, 2.05) is 37.3 Å². The summed E-state index contributed by atoms with van der Waals surface area (Å²) >= 11 is 0. The van der Waals surface area contributed by atoms with Crippen LogP contribution in [-0.2, 0) is 16.2 Å². The van der Waals surface area contributed by atoms with Gasteiger partial charge in [-0.3, -0.25) is 9.59 Å². The zero-order valence-electron chi connectivity index (χ0n) is 22.0. The van der Waals surface area contributed by atoms with Crippen molar-refractivity contribution in [2.24, 2.45) is 0 Å². The minimum atomic E-state index is -0.868. The van der Waals surface area contributed by atoms with Gasteiger partial charge in [0.15, 0.2) is 0 Å². The molecule has 3 aromatic rings. The Morgan fingerprint density at radius 1 is 1.00 bits per heavy atom. The number of amides is 1. The Morgan fingerprint density at radius 2 is 1.68 bits per heavy atom. The number of nitrogens with zero attached hydrogens (tertiary/aromatic N) is 1. The molecule has 0 aromatic heterocycles. The zero-order chi connectivity index (χ0) is 27.2. The molecule has 1 fully saturated rings. The molecule has 198 valence electrons. The summed E-state index contributed by atoms with van der Waals surface area (Å²) in [7, 11) is 0. The highest BCUT2D eigenvalue weighted by Crippen LogP contribution is 2.39. The third-order valence-corrected chi connectivity index (χ3v) is 7.10. The Morgan fingerprint density at radius 3 is 2.32 bits per heavy atom. The lowest BCUT2D eigenvalue weighted by Crippen LogP contribution is -3.12. The number of nitrogens with one attached hydrogen (secondary N) is 1. The van der Waals surface area contributed by atoms with Gasteiger partial charge >= 0.3 is 0 Å². The lowest BCUT2D eigenvalue weighted by Gasteiger charge is -2.28. The van der Waals surface area contributed by atoms with Crippen LogP contribution in [0.25, 0.3) is 5.76 Å². The fourth-order valence-electron chi connectivity index (χ4n) is 4.82. The van der Waals surface area contributed by atoms with Gasteiger partial charge in [-0.1, -0.05) is 54.3 Å². The third-order valence-electron chi connectivity index (χ3n) is 7.10. The lowest BCUT2D eigenvalue weighted by molar-refractivity contribution is -0.895. The molecule has 1 saturated heterocycles. The van der Waals surface area contributed by atoms with Crippen molar-refractivity contribution in [2.75, 3.05) is 26.2 Å². The van der Waals surface area contributed by atoms with Crippen LogP contribution in [0.5, 0.6) is 5.75 Å². The van der Waals surface area contributed by atoms with Crippen LogP contribution in [0.4, 0.5) is 4.39 Å². The van der Waals surface area contributed by atoms with E-state index in [4.69, 9.17) is 4.74 Å². The van der Waals surface area contributed by atoms with Gasteiger partial charge in [-0.2, -0.15) is 0 Å². The molecule has 0 aliphatic carbocycles. The van der Waals surface area contributed by atoms with Crippen LogP contribution in [0.2, 0.25) is 0 Å². The van der Waals surface area contributed by atoms with Crippen LogP contribution in [-0.4, -0.2) is 42.8 Å². The van der Waals surface area contributed by atoms with Gasteiger partial charge in [-0.25, -0.2) is 4.39 Å². The molecule has 1 aliphatic rings. The first-order valence-electron chi connectivity index (χ1n) is 13.0. The number of aryl methyl sites for hydroxylation is 1. The Hall–Kier alpha value is -3.97. The molecule has 0 spiro atoms. The molecule has 38 heavy (non-hydrogen) atoms. The molecule has 7 heteroatoms. The zero-order valence-corrected chi connectivity index (χ0v) is 22.0. The number of benzene rings is 3. The molecule has 1 heterocycles. The molecule has 0 radical (unpaired) electrons. The normalized spacial score (nSPS) is 16.9. The molecule has 1 amide bonds. The first-order chi connectivity index (χ1) is 18.3. The summed E-state index contributed by atoms with van der Waals surface area (Å²) < 4.78 is 19.6. The average molecular weight is 517 g/mol. The standard InChI is InChI=1S/C31H33FN2O4/c1-4-33(5-2)17-18-34-28(23-11-14-25(32)15-12-23)27(30(36)31(34)37)29(35)24-13-16-26(21(3)19-24)38-20-22-9-7-6-8-10-22/h6-16,19,28,35H,4-5,17-18,20H2,1-3H3. The average Bonchev–Trinajstić information content (AvgIpc) is 3.18. The summed E-state index contributed by atoms with van der Waals surface area (Å²) in [5.41, 5.74) is 2.49. The van der Waals surface area contributed by atoms with E-state index in [1.54, 1.807) is 18.2 Å². The van der Waals surface area contributed by atoms with Crippen molar-refractivity contribution < 1.29 is 28.7 Å². The number of Topliss-reactive ketones (excluding diaryl/α,β-unsaturated/α-hetero) is 1. The second kappa shape index (κ2) is 12.0. The monoisotopic (exact) mass is 516 g/mol. The number of ketones is 1. The van der Waals surface area contributed by atoms with Crippen LogP contribution >= 0.6 is 0 Å². The third kappa shape index (κ3) is 5.78. The molecule has 1 unspecified atom stereocenters. The Labute approximate surface area is 223 Å². The number of hydrogen-bond acceptors (Lipinski definition) is 4. The topological polar surface area (TPSA) is 74.1 Å². The van der Waals surface area contributed by atoms with Crippen molar-refractivity contribution in [1.29, 1.82) is 0 Å². The fourth-order valence-corrected chi connectivity index (χ4v) is 4.82.